The van der Waals surface area contributed by atoms with Crippen LogP contribution < -0.4 is 20.3 Å². The van der Waals surface area contributed by atoms with E-state index in [-0.39, 0.29) is 29.2 Å². The van der Waals surface area contributed by atoms with E-state index in [2.05, 4.69) is 10.1 Å². The largest absolute Gasteiger partial charge is 0.493 e. The van der Waals surface area contributed by atoms with E-state index in [1.165, 1.54) is 48.2 Å². The highest BCUT2D eigenvalue weighted by Gasteiger charge is 2.12. The molecule has 0 atom stereocenters. The van der Waals surface area contributed by atoms with Crippen LogP contribution in [-0.4, -0.2) is 24.2 Å². The summed E-state index contributed by atoms with van der Waals surface area (Å²) in [6.45, 7) is -2.82. The summed E-state index contributed by atoms with van der Waals surface area (Å²) in [7, 11) is 2.91. The number of methoxy groups -OCH3 is 1. The van der Waals surface area contributed by atoms with Crippen molar-refractivity contribution in [3.63, 3.8) is 0 Å². The molecule has 1 aromatic carbocycles. The highest BCUT2D eigenvalue weighted by Crippen LogP contribution is 2.29. The molecule has 0 unspecified atom stereocenters. The fourth-order valence-corrected chi connectivity index (χ4v) is 1.99. The lowest BCUT2D eigenvalue weighted by atomic mass is 10.2. The monoisotopic (exact) mass is 338 g/mol. The summed E-state index contributed by atoms with van der Waals surface area (Å²) in [6.07, 6.45) is 1.50. The molecule has 8 heteroatoms. The number of alkyl halides is 2. The third kappa shape index (κ3) is 4.31. The van der Waals surface area contributed by atoms with Crippen molar-refractivity contribution >= 4 is 5.91 Å². The minimum atomic E-state index is -2.95. The van der Waals surface area contributed by atoms with Gasteiger partial charge in [0.05, 0.1) is 7.11 Å². The Labute approximate surface area is 136 Å². The molecule has 2 rings (SSSR count). The van der Waals surface area contributed by atoms with Crippen molar-refractivity contribution in [2.24, 2.45) is 7.05 Å². The number of carbonyl (C=O) groups excluding carboxylic acids is 1. The summed E-state index contributed by atoms with van der Waals surface area (Å²) in [6, 6.07) is 7.11. The van der Waals surface area contributed by atoms with Gasteiger partial charge in [-0.3, -0.25) is 9.59 Å². The maximum Gasteiger partial charge on any atom is 0.387 e. The molecule has 1 heterocycles. The van der Waals surface area contributed by atoms with Crippen LogP contribution in [-0.2, 0) is 13.6 Å². The molecular weight excluding hydrogens is 322 g/mol. The molecule has 0 saturated carbocycles. The maximum absolute atomic E-state index is 12.3. The van der Waals surface area contributed by atoms with Crippen molar-refractivity contribution in [3.05, 3.63) is 58.0 Å². The summed E-state index contributed by atoms with van der Waals surface area (Å²) < 4.78 is 35.2. The average Bonchev–Trinajstić information content (AvgIpc) is 2.55. The summed E-state index contributed by atoms with van der Waals surface area (Å²) in [5.74, 6) is -0.371. The number of nitrogens with zero attached hydrogens (tertiary/aromatic N) is 1. The van der Waals surface area contributed by atoms with Gasteiger partial charge >= 0.3 is 6.61 Å². The molecule has 0 spiro atoms. The number of carbonyl (C=O) groups is 1. The maximum atomic E-state index is 12.3. The molecule has 128 valence electrons. The van der Waals surface area contributed by atoms with Crippen LogP contribution in [0.2, 0.25) is 0 Å². The normalized spacial score (nSPS) is 10.5. The van der Waals surface area contributed by atoms with Crippen molar-refractivity contribution in [2.45, 2.75) is 13.2 Å². The van der Waals surface area contributed by atoms with E-state index >= 15 is 0 Å². The summed E-state index contributed by atoms with van der Waals surface area (Å²) >= 11 is 0. The van der Waals surface area contributed by atoms with E-state index < -0.39 is 12.5 Å². The lowest BCUT2D eigenvalue weighted by Crippen LogP contribution is -2.25. The van der Waals surface area contributed by atoms with Crippen LogP contribution in [0.15, 0.2) is 41.3 Å². The Balaban J connectivity index is 2.07. The van der Waals surface area contributed by atoms with Crippen LogP contribution in [0.25, 0.3) is 0 Å². The van der Waals surface area contributed by atoms with Crippen LogP contribution in [0.1, 0.15) is 15.9 Å². The first-order valence-corrected chi connectivity index (χ1v) is 6.97. The molecule has 0 aliphatic heterocycles. The van der Waals surface area contributed by atoms with Crippen LogP contribution >= 0.6 is 0 Å². The molecular formula is C16H16F2N2O4. The van der Waals surface area contributed by atoms with Gasteiger partial charge < -0.3 is 19.4 Å². The standard InChI is InChI=1S/C16H16F2N2O4/c1-20-6-5-11(8-14(20)21)15(22)19-9-10-3-4-12(24-16(17)18)13(7-10)23-2/h3-8,16H,9H2,1-2H3,(H,19,22). The number of aromatic nitrogens is 1. The zero-order chi connectivity index (χ0) is 17.7. The quantitative estimate of drug-likeness (QED) is 0.874. The van der Waals surface area contributed by atoms with Gasteiger partial charge in [0.15, 0.2) is 11.5 Å². The Morgan fingerprint density at radius 1 is 1.25 bits per heavy atom. The van der Waals surface area contributed by atoms with E-state index in [0.29, 0.717) is 5.56 Å². The Hall–Kier alpha value is -2.90. The Bertz CT molecular complexity index is 790. The topological polar surface area (TPSA) is 69.6 Å². The lowest BCUT2D eigenvalue weighted by Gasteiger charge is -2.12. The SMILES string of the molecule is COc1cc(CNC(=O)c2ccn(C)c(=O)c2)ccc1OC(F)F. The summed E-state index contributed by atoms with van der Waals surface area (Å²) in [5.41, 5.74) is 0.575. The zero-order valence-corrected chi connectivity index (χ0v) is 13.1. The van der Waals surface area contributed by atoms with E-state index in [0.717, 1.165) is 0 Å². The van der Waals surface area contributed by atoms with Crippen molar-refractivity contribution in [3.8, 4) is 11.5 Å². The lowest BCUT2D eigenvalue weighted by molar-refractivity contribution is -0.0512. The van der Waals surface area contributed by atoms with Gasteiger partial charge in [0.25, 0.3) is 11.5 Å². The molecule has 1 aromatic heterocycles. The number of nitrogens with one attached hydrogen (secondary N) is 1. The number of hydrogen-bond donors (Lipinski definition) is 1. The van der Waals surface area contributed by atoms with Gasteiger partial charge in [-0.15, -0.1) is 0 Å². The second-order valence-electron chi connectivity index (χ2n) is 4.91. The molecule has 0 saturated heterocycles. The molecule has 6 nitrogen and oxygen atoms in total. The molecule has 24 heavy (non-hydrogen) atoms. The second kappa shape index (κ2) is 7.58. The van der Waals surface area contributed by atoms with E-state index in [9.17, 15) is 18.4 Å². The van der Waals surface area contributed by atoms with Gasteiger partial charge in [-0.05, 0) is 23.8 Å². The fraction of sp³-hybridized carbons (Fsp3) is 0.250. The minimum absolute atomic E-state index is 0.0888. The summed E-state index contributed by atoms with van der Waals surface area (Å²) in [5, 5.41) is 2.64. The first kappa shape index (κ1) is 17.5. The van der Waals surface area contributed by atoms with Crippen molar-refractivity contribution < 1.29 is 23.0 Å². The average molecular weight is 338 g/mol. The number of rotatable bonds is 6. The molecule has 0 aliphatic rings. The van der Waals surface area contributed by atoms with Crippen molar-refractivity contribution in [1.29, 1.82) is 0 Å². The number of aryl methyl sites for hydroxylation is 1. The van der Waals surface area contributed by atoms with Crippen molar-refractivity contribution in [2.75, 3.05) is 7.11 Å². The highest BCUT2D eigenvalue weighted by molar-refractivity contribution is 5.93. The number of amides is 1. The summed E-state index contributed by atoms with van der Waals surface area (Å²) in [4.78, 5) is 23.6. The predicted molar refractivity (Wildman–Crippen MR) is 82.5 cm³/mol. The van der Waals surface area contributed by atoms with E-state index in [4.69, 9.17) is 4.74 Å². The van der Waals surface area contributed by atoms with Crippen LogP contribution in [0.3, 0.4) is 0 Å². The molecule has 0 aliphatic carbocycles. The highest BCUT2D eigenvalue weighted by atomic mass is 19.3. The van der Waals surface area contributed by atoms with Gasteiger partial charge in [0.2, 0.25) is 0 Å². The smallest absolute Gasteiger partial charge is 0.387 e. The first-order chi connectivity index (χ1) is 11.4. The van der Waals surface area contributed by atoms with Crippen molar-refractivity contribution in [1.82, 2.24) is 9.88 Å². The van der Waals surface area contributed by atoms with E-state index in [1.54, 1.807) is 7.05 Å². The number of ether oxygens (including phenoxy) is 2. The zero-order valence-electron chi connectivity index (χ0n) is 13.1. The molecule has 1 amide bonds. The molecule has 0 fully saturated rings. The van der Waals surface area contributed by atoms with Gasteiger partial charge in [-0.1, -0.05) is 6.07 Å². The van der Waals surface area contributed by atoms with Crippen LogP contribution in [0, 0.1) is 0 Å². The molecule has 0 bridgehead atoms. The predicted octanol–water partition coefficient (Wildman–Crippen LogP) is 1.93. The Morgan fingerprint density at radius 3 is 2.62 bits per heavy atom. The van der Waals surface area contributed by atoms with Gasteiger partial charge in [0.1, 0.15) is 0 Å². The van der Waals surface area contributed by atoms with Gasteiger partial charge in [-0.25, -0.2) is 0 Å². The Kier molecular flexibility index (Phi) is 5.51. The number of halogens is 2. The van der Waals surface area contributed by atoms with Gasteiger partial charge in [-0.2, -0.15) is 8.78 Å². The molecule has 1 N–H and O–H groups in total. The number of pyridine rings is 1. The number of hydrogen-bond acceptors (Lipinski definition) is 4. The third-order valence-electron chi connectivity index (χ3n) is 3.26. The minimum Gasteiger partial charge on any atom is -0.493 e. The molecule has 0 radical (unpaired) electrons. The second-order valence-corrected chi connectivity index (χ2v) is 4.91. The Morgan fingerprint density at radius 2 is 2.00 bits per heavy atom. The number of benzene rings is 1. The van der Waals surface area contributed by atoms with Crippen LogP contribution in [0.4, 0.5) is 8.78 Å². The van der Waals surface area contributed by atoms with Gasteiger partial charge in [0, 0.05) is 31.4 Å². The first-order valence-electron chi connectivity index (χ1n) is 6.97. The van der Waals surface area contributed by atoms with E-state index in [1.807, 2.05) is 0 Å². The third-order valence-corrected chi connectivity index (χ3v) is 3.26. The fourth-order valence-electron chi connectivity index (χ4n) is 1.99. The molecule has 2 aromatic rings. The van der Waals surface area contributed by atoms with Crippen LogP contribution in [0.5, 0.6) is 11.5 Å².